The first-order chi connectivity index (χ1) is 9.95. The van der Waals surface area contributed by atoms with Crippen molar-refractivity contribution < 1.29 is 19.4 Å². The van der Waals surface area contributed by atoms with Crippen molar-refractivity contribution in [1.82, 2.24) is 4.90 Å². The number of benzene rings is 1. The van der Waals surface area contributed by atoms with Crippen molar-refractivity contribution in [2.75, 3.05) is 33.9 Å². The molecule has 1 amide bonds. The van der Waals surface area contributed by atoms with Crippen LogP contribution in [0.5, 0.6) is 5.75 Å². The molecule has 0 aromatic heterocycles. The number of ether oxygens (including phenoxy) is 2. The lowest BCUT2D eigenvalue weighted by molar-refractivity contribution is -0.133. The Kier molecular flexibility index (Phi) is 7.19. The van der Waals surface area contributed by atoms with Crippen LogP contribution < -0.4 is 4.74 Å². The minimum Gasteiger partial charge on any atom is -0.483 e. The first kappa shape index (κ1) is 17.5. The number of aliphatic hydroxyl groups is 1. The van der Waals surface area contributed by atoms with Crippen LogP contribution in [0.2, 0.25) is 0 Å². The highest BCUT2D eigenvalue weighted by molar-refractivity contribution is 5.77. The number of hydrogen-bond acceptors (Lipinski definition) is 4. The number of nitrogens with zero attached hydrogens (tertiary/aromatic N) is 1. The summed E-state index contributed by atoms with van der Waals surface area (Å²) in [5.74, 6) is 0.882. The largest absolute Gasteiger partial charge is 0.483 e. The summed E-state index contributed by atoms with van der Waals surface area (Å²) in [7, 11) is 3.15. The monoisotopic (exact) mass is 295 g/mol. The SMILES string of the molecule is COCC(O)CN(C)C(=O)COc1ccccc1C(C)C. The molecular formula is C16H25NO4. The summed E-state index contributed by atoms with van der Waals surface area (Å²) in [6.07, 6.45) is -0.688. The Bertz CT molecular complexity index is 448. The standard InChI is InChI=1S/C16H25NO4/c1-12(2)14-7-5-6-8-15(14)21-11-16(19)17(3)9-13(18)10-20-4/h5-8,12-13,18H,9-11H2,1-4H3. The lowest BCUT2D eigenvalue weighted by Gasteiger charge is -2.21. The van der Waals surface area contributed by atoms with Gasteiger partial charge in [0.15, 0.2) is 6.61 Å². The Labute approximate surface area is 126 Å². The lowest BCUT2D eigenvalue weighted by Crippen LogP contribution is -2.38. The van der Waals surface area contributed by atoms with E-state index in [1.807, 2.05) is 24.3 Å². The molecule has 0 bridgehead atoms. The van der Waals surface area contributed by atoms with Crippen LogP contribution in [-0.2, 0) is 9.53 Å². The Hall–Kier alpha value is -1.59. The fraction of sp³-hybridized carbons (Fsp3) is 0.562. The van der Waals surface area contributed by atoms with Gasteiger partial charge < -0.3 is 19.5 Å². The van der Waals surface area contributed by atoms with Crippen LogP contribution in [0, 0.1) is 0 Å². The molecule has 118 valence electrons. The zero-order valence-corrected chi connectivity index (χ0v) is 13.2. The summed E-state index contributed by atoms with van der Waals surface area (Å²) in [6, 6.07) is 7.70. The summed E-state index contributed by atoms with van der Waals surface area (Å²) in [6.45, 7) is 4.55. The van der Waals surface area contributed by atoms with Gasteiger partial charge in [0, 0.05) is 20.7 Å². The molecule has 1 aromatic carbocycles. The molecule has 0 radical (unpaired) electrons. The second-order valence-electron chi connectivity index (χ2n) is 5.36. The Morgan fingerprint density at radius 2 is 2.00 bits per heavy atom. The van der Waals surface area contributed by atoms with Gasteiger partial charge in [-0.3, -0.25) is 4.79 Å². The Morgan fingerprint density at radius 1 is 1.33 bits per heavy atom. The number of carbonyl (C=O) groups excluding carboxylic acids is 1. The minimum absolute atomic E-state index is 0.0417. The van der Waals surface area contributed by atoms with Crippen LogP contribution >= 0.6 is 0 Å². The van der Waals surface area contributed by atoms with Crippen LogP contribution in [0.15, 0.2) is 24.3 Å². The van der Waals surface area contributed by atoms with E-state index in [1.165, 1.54) is 12.0 Å². The maximum Gasteiger partial charge on any atom is 0.260 e. The van der Waals surface area contributed by atoms with Gasteiger partial charge in [0.05, 0.1) is 12.7 Å². The van der Waals surface area contributed by atoms with Crippen molar-refractivity contribution in [3.63, 3.8) is 0 Å². The molecule has 0 heterocycles. The fourth-order valence-electron chi connectivity index (χ4n) is 2.00. The van der Waals surface area contributed by atoms with Gasteiger partial charge >= 0.3 is 0 Å². The zero-order chi connectivity index (χ0) is 15.8. The van der Waals surface area contributed by atoms with E-state index in [4.69, 9.17) is 9.47 Å². The smallest absolute Gasteiger partial charge is 0.260 e. The lowest BCUT2D eigenvalue weighted by atomic mass is 10.0. The van der Waals surface area contributed by atoms with Crippen molar-refractivity contribution >= 4 is 5.91 Å². The normalized spacial score (nSPS) is 12.3. The molecule has 5 nitrogen and oxygen atoms in total. The number of likely N-dealkylation sites (N-methyl/N-ethyl adjacent to an activating group) is 1. The summed E-state index contributed by atoms with van der Waals surface area (Å²) >= 11 is 0. The quantitative estimate of drug-likeness (QED) is 0.792. The highest BCUT2D eigenvalue weighted by atomic mass is 16.5. The molecule has 1 N–H and O–H groups in total. The average molecular weight is 295 g/mol. The minimum atomic E-state index is -0.688. The van der Waals surface area contributed by atoms with E-state index in [2.05, 4.69) is 13.8 Å². The van der Waals surface area contributed by atoms with Gasteiger partial charge in [-0.25, -0.2) is 0 Å². The maximum absolute atomic E-state index is 12.0. The predicted octanol–water partition coefficient (Wildman–Crippen LogP) is 1.65. The van der Waals surface area contributed by atoms with Gasteiger partial charge in [-0.15, -0.1) is 0 Å². The molecule has 1 unspecified atom stereocenters. The third kappa shape index (κ3) is 5.73. The summed E-state index contributed by atoms with van der Waals surface area (Å²) in [5, 5.41) is 9.61. The van der Waals surface area contributed by atoms with Crippen molar-refractivity contribution in [3.8, 4) is 5.75 Å². The van der Waals surface area contributed by atoms with Crippen molar-refractivity contribution in [1.29, 1.82) is 0 Å². The fourth-order valence-corrected chi connectivity index (χ4v) is 2.00. The van der Waals surface area contributed by atoms with Crippen molar-refractivity contribution in [2.45, 2.75) is 25.9 Å². The van der Waals surface area contributed by atoms with Gasteiger partial charge in [0.2, 0.25) is 0 Å². The predicted molar refractivity (Wildman–Crippen MR) is 81.5 cm³/mol. The van der Waals surface area contributed by atoms with E-state index < -0.39 is 6.10 Å². The Morgan fingerprint density at radius 3 is 2.62 bits per heavy atom. The summed E-state index contributed by atoms with van der Waals surface area (Å²) < 4.78 is 10.5. The van der Waals surface area contributed by atoms with Gasteiger partial charge in [-0.05, 0) is 17.5 Å². The van der Waals surface area contributed by atoms with Gasteiger partial charge in [0.25, 0.3) is 5.91 Å². The van der Waals surface area contributed by atoms with Gasteiger partial charge in [0.1, 0.15) is 5.75 Å². The molecule has 1 rings (SSSR count). The number of hydrogen-bond donors (Lipinski definition) is 1. The zero-order valence-electron chi connectivity index (χ0n) is 13.2. The number of methoxy groups -OCH3 is 1. The third-order valence-corrected chi connectivity index (χ3v) is 3.16. The maximum atomic E-state index is 12.0. The highest BCUT2D eigenvalue weighted by Gasteiger charge is 2.15. The second-order valence-corrected chi connectivity index (χ2v) is 5.36. The number of carbonyl (C=O) groups is 1. The molecule has 21 heavy (non-hydrogen) atoms. The van der Waals surface area contributed by atoms with Crippen LogP contribution in [0.25, 0.3) is 0 Å². The van der Waals surface area contributed by atoms with E-state index in [1.54, 1.807) is 7.05 Å². The van der Waals surface area contributed by atoms with E-state index in [9.17, 15) is 9.90 Å². The van der Waals surface area contributed by atoms with Gasteiger partial charge in [-0.1, -0.05) is 32.0 Å². The van der Waals surface area contributed by atoms with Crippen LogP contribution in [0.1, 0.15) is 25.3 Å². The number of para-hydroxylation sites is 1. The van der Waals surface area contributed by atoms with Crippen LogP contribution in [-0.4, -0.2) is 55.9 Å². The number of rotatable bonds is 8. The van der Waals surface area contributed by atoms with Crippen LogP contribution in [0.3, 0.4) is 0 Å². The third-order valence-electron chi connectivity index (χ3n) is 3.16. The molecule has 0 spiro atoms. The summed E-state index contributed by atoms with van der Waals surface area (Å²) in [5.41, 5.74) is 1.08. The first-order valence-corrected chi connectivity index (χ1v) is 7.08. The average Bonchev–Trinajstić information content (AvgIpc) is 2.45. The molecule has 1 aromatic rings. The van der Waals surface area contributed by atoms with Gasteiger partial charge in [-0.2, -0.15) is 0 Å². The van der Waals surface area contributed by atoms with E-state index in [-0.39, 0.29) is 25.7 Å². The molecule has 0 aliphatic heterocycles. The molecule has 0 aliphatic rings. The Balaban J connectivity index is 2.53. The van der Waals surface area contributed by atoms with E-state index in [0.717, 1.165) is 11.3 Å². The van der Waals surface area contributed by atoms with E-state index >= 15 is 0 Å². The van der Waals surface area contributed by atoms with Crippen molar-refractivity contribution in [3.05, 3.63) is 29.8 Å². The molecule has 0 aliphatic carbocycles. The molecule has 5 heteroatoms. The van der Waals surface area contributed by atoms with Crippen molar-refractivity contribution in [2.24, 2.45) is 0 Å². The first-order valence-electron chi connectivity index (χ1n) is 7.08. The topological polar surface area (TPSA) is 59.0 Å². The van der Waals surface area contributed by atoms with Crippen LogP contribution in [0.4, 0.5) is 0 Å². The molecule has 1 atom stereocenters. The molecule has 0 saturated carbocycles. The number of aliphatic hydroxyl groups excluding tert-OH is 1. The molecule has 0 saturated heterocycles. The molecule has 0 fully saturated rings. The summed E-state index contributed by atoms with van der Waals surface area (Å²) in [4.78, 5) is 13.4. The number of amides is 1. The van der Waals surface area contributed by atoms with E-state index in [0.29, 0.717) is 5.92 Å². The second kappa shape index (κ2) is 8.64. The highest BCUT2D eigenvalue weighted by Crippen LogP contribution is 2.25. The molecular weight excluding hydrogens is 270 g/mol.